The van der Waals surface area contributed by atoms with Gasteiger partial charge >= 0.3 is 5.97 Å². The van der Waals surface area contributed by atoms with Crippen molar-refractivity contribution in [3.8, 4) is 0 Å². The molecule has 96 valence electrons. The van der Waals surface area contributed by atoms with Crippen molar-refractivity contribution < 1.29 is 14.7 Å². The first-order valence-corrected chi connectivity index (χ1v) is 5.93. The van der Waals surface area contributed by atoms with Crippen LogP contribution in [0.3, 0.4) is 0 Å². The molecule has 0 aromatic carbocycles. The lowest BCUT2D eigenvalue weighted by Gasteiger charge is -2.15. The minimum atomic E-state index is -1.04. The first-order chi connectivity index (χ1) is 8.02. The Balaban J connectivity index is 2.33. The van der Waals surface area contributed by atoms with Crippen molar-refractivity contribution in [2.24, 2.45) is 0 Å². The lowest BCUT2D eigenvalue weighted by molar-refractivity contribution is -0.133. The Kier molecular flexibility index (Phi) is 5.15. The van der Waals surface area contributed by atoms with Gasteiger partial charge in [0.1, 0.15) is 0 Å². The molecule has 1 aliphatic heterocycles. The van der Waals surface area contributed by atoms with Gasteiger partial charge in [-0.2, -0.15) is 0 Å². The van der Waals surface area contributed by atoms with Crippen molar-refractivity contribution in [2.75, 3.05) is 26.2 Å². The van der Waals surface area contributed by atoms with Gasteiger partial charge in [0.2, 0.25) is 5.91 Å². The number of carbonyl (C=O) groups excluding carboxylic acids is 1. The average Bonchev–Trinajstić information content (AvgIpc) is 2.79. The van der Waals surface area contributed by atoms with Crippen molar-refractivity contribution in [1.29, 1.82) is 0 Å². The topological polar surface area (TPSA) is 69.6 Å². The summed E-state index contributed by atoms with van der Waals surface area (Å²) in [5.74, 6) is -1.33. The van der Waals surface area contributed by atoms with E-state index in [1.54, 1.807) is 0 Å². The molecule has 0 unspecified atom stereocenters. The highest BCUT2D eigenvalue weighted by Crippen LogP contribution is 2.06. The van der Waals surface area contributed by atoms with Crippen LogP contribution in [0.25, 0.3) is 0 Å². The number of carboxylic acids is 1. The summed E-state index contributed by atoms with van der Waals surface area (Å²) in [4.78, 5) is 24.6. The van der Waals surface area contributed by atoms with Gasteiger partial charge in [-0.25, -0.2) is 4.79 Å². The van der Waals surface area contributed by atoms with Crippen molar-refractivity contribution in [3.63, 3.8) is 0 Å². The molecule has 0 aromatic heterocycles. The van der Waals surface area contributed by atoms with E-state index in [9.17, 15) is 9.59 Å². The van der Waals surface area contributed by atoms with E-state index in [2.05, 4.69) is 10.2 Å². The van der Waals surface area contributed by atoms with Crippen LogP contribution < -0.4 is 5.32 Å². The van der Waals surface area contributed by atoms with E-state index in [4.69, 9.17) is 5.11 Å². The van der Waals surface area contributed by atoms with Gasteiger partial charge in [-0.3, -0.25) is 4.79 Å². The fourth-order valence-electron chi connectivity index (χ4n) is 1.80. The third-order valence-corrected chi connectivity index (χ3v) is 3.14. The largest absolute Gasteiger partial charge is 0.478 e. The highest BCUT2D eigenvalue weighted by Gasteiger charge is 2.14. The van der Waals surface area contributed by atoms with Gasteiger partial charge < -0.3 is 15.3 Å². The predicted molar refractivity (Wildman–Crippen MR) is 64.7 cm³/mol. The normalized spacial score (nSPS) is 17.8. The lowest BCUT2D eigenvalue weighted by Crippen LogP contribution is -2.34. The van der Waals surface area contributed by atoms with Gasteiger partial charge in [0.25, 0.3) is 0 Å². The van der Waals surface area contributed by atoms with Gasteiger partial charge in [0.05, 0.1) is 0 Å². The Bertz CT molecular complexity index is 331. The summed E-state index contributed by atoms with van der Waals surface area (Å²) in [6, 6.07) is 0. The van der Waals surface area contributed by atoms with Crippen LogP contribution in [-0.2, 0) is 9.59 Å². The van der Waals surface area contributed by atoms with Crippen molar-refractivity contribution in [1.82, 2.24) is 10.2 Å². The van der Waals surface area contributed by atoms with Crippen LogP contribution in [0.15, 0.2) is 11.1 Å². The summed E-state index contributed by atoms with van der Waals surface area (Å²) in [7, 11) is 0. The van der Waals surface area contributed by atoms with Gasteiger partial charge in [-0.05, 0) is 39.8 Å². The van der Waals surface area contributed by atoms with E-state index in [0.29, 0.717) is 6.54 Å². The summed E-state index contributed by atoms with van der Waals surface area (Å²) < 4.78 is 0. The van der Waals surface area contributed by atoms with Gasteiger partial charge in [0.15, 0.2) is 0 Å². The van der Waals surface area contributed by atoms with Crippen molar-refractivity contribution in [2.45, 2.75) is 26.7 Å². The standard InChI is InChI=1S/C12H20N2O3/c1-9(10(2)12(16)17)11(15)13-5-8-14-6-3-4-7-14/h3-8H2,1-2H3,(H,13,15)(H,16,17). The Morgan fingerprint density at radius 2 is 1.76 bits per heavy atom. The van der Waals surface area contributed by atoms with Crippen LogP contribution in [0.4, 0.5) is 0 Å². The van der Waals surface area contributed by atoms with Crippen LogP contribution in [0.1, 0.15) is 26.7 Å². The molecule has 1 saturated heterocycles. The molecule has 0 spiro atoms. The molecule has 5 nitrogen and oxygen atoms in total. The Morgan fingerprint density at radius 1 is 1.18 bits per heavy atom. The van der Waals surface area contributed by atoms with E-state index in [0.717, 1.165) is 19.6 Å². The van der Waals surface area contributed by atoms with Crippen LogP contribution in [0, 0.1) is 0 Å². The lowest BCUT2D eigenvalue weighted by atomic mass is 10.1. The highest BCUT2D eigenvalue weighted by molar-refractivity contribution is 6.01. The molecule has 1 rings (SSSR count). The van der Waals surface area contributed by atoms with E-state index < -0.39 is 5.97 Å². The summed E-state index contributed by atoms with van der Waals surface area (Å²) in [5, 5.41) is 11.5. The molecule has 0 saturated carbocycles. The maximum Gasteiger partial charge on any atom is 0.331 e. The molecular formula is C12H20N2O3. The summed E-state index contributed by atoms with van der Waals surface area (Å²) in [5.41, 5.74) is 0.377. The fourth-order valence-corrected chi connectivity index (χ4v) is 1.80. The van der Waals surface area contributed by atoms with Gasteiger partial charge in [-0.15, -0.1) is 0 Å². The third kappa shape index (κ3) is 4.19. The second kappa shape index (κ2) is 6.39. The molecule has 1 aliphatic rings. The van der Waals surface area contributed by atoms with Crippen LogP contribution in [-0.4, -0.2) is 48.1 Å². The smallest absolute Gasteiger partial charge is 0.331 e. The quantitative estimate of drug-likeness (QED) is 0.691. The molecule has 0 aliphatic carbocycles. The number of carbonyl (C=O) groups is 2. The number of nitrogens with zero attached hydrogens (tertiary/aromatic N) is 1. The van der Waals surface area contributed by atoms with Gasteiger partial charge in [0, 0.05) is 24.2 Å². The summed E-state index contributed by atoms with van der Waals surface area (Å²) >= 11 is 0. The van der Waals surface area contributed by atoms with Crippen LogP contribution in [0.2, 0.25) is 0 Å². The van der Waals surface area contributed by atoms with E-state index in [-0.39, 0.29) is 17.1 Å². The Hall–Kier alpha value is -1.36. The number of hydrogen-bond acceptors (Lipinski definition) is 3. The molecule has 17 heavy (non-hydrogen) atoms. The number of aliphatic carboxylic acids is 1. The molecule has 1 amide bonds. The number of likely N-dealkylation sites (tertiary alicyclic amines) is 1. The molecule has 0 radical (unpaired) electrons. The molecular weight excluding hydrogens is 220 g/mol. The average molecular weight is 240 g/mol. The first kappa shape index (κ1) is 13.7. The second-order valence-corrected chi connectivity index (χ2v) is 4.36. The minimum Gasteiger partial charge on any atom is -0.478 e. The first-order valence-electron chi connectivity index (χ1n) is 5.93. The Labute approximate surface area is 101 Å². The molecule has 0 aromatic rings. The number of hydrogen-bond donors (Lipinski definition) is 2. The number of nitrogens with one attached hydrogen (secondary N) is 1. The summed E-state index contributed by atoms with van der Waals surface area (Å²) in [6.07, 6.45) is 2.45. The molecule has 1 fully saturated rings. The maximum absolute atomic E-state index is 11.6. The molecule has 0 bridgehead atoms. The van der Waals surface area contributed by atoms with E-state index in [1.165, 1.54) is 26.7 Å². The number of rotatable bonds is 5. The minimum absolute atomic E-state index is 0.101. The highest BCUT2D eigenvalue weighted by atomic mass is 16.4. The zero-order valence-corrected chi connectivity index (χ0v) is 10.5. The second-order valence-electron chi connectivity index (χ2n) is 4.36. The van der Waals surface area contributed by atoms with Crippen LogP contribution in [0.5, 0.6) is 0 Å². The zero-order valence-electron chi connectivity index (χ0n) is 10.5. The molecule has 1 heterocycles. The summed E-state index contributed by atoms with van der Waals surface area (Å²) in [6.45, 7) is 6.58. The SMILES string of the molecule is CC(C(=O)O)=C(C)C(=O)NCCN1CCCC1. The molecule has 2 N–H and O–H groups in total. The fraction of sp³-hybridized carbons (Fsp3) is 0.667. The van der Waals surface area contributed by atoms with E-state index >= 15 is 0 Å². The van der Waals surface area contributed by atoms with Crippen molar-refractivity contribution >= 4 is 11.9 Å². The third-order valence-electron chi connectivity index (χ3n) is 3.14. The number of carboxylic acid groups (broad SMARTS) is 1. The van der Waals surface area contributed by atoms with Crippen molar-refractivity contribution in [3.05, 3.63) is 11.1 Å². The zero-order chi connectivity index (χ0) is 12.8. The molecule has 0 atom stereocenters. The number of amides is 1. The Morgan fingerprint density at radius 3 is 2.29 bits per heavy atom. The molecule has 5 heteroatoms. The van der Waals surface area contributed by atoms with Gasteiger partial charge in [-0.1, -0.05) is 0 Å². The predicted octanol–water partition coefficient (Wildman–Crippen LogP) is 0.619. The maximum atomic E-state index is 11.6. The monoisotopic (exact) mass is 240 g/mol. The van der Waals surface area contributed by atoms with Crippen LogP contribution >= 0.6 is 0 Å². The van der Waals surface area contributed by atoms with E-state index in [1.807, 2.05) is 0 Å².